The number of aryl methyl sites for hydroxylation is 1. The third kappa shape index (κ3) is 2.89. The first-order chi connectivity index (χ1) is 9.17. The number of rotatable bonds is 4. The van der Waals surface area contributed by atoms with Gasteiger partial charge in [-0.25, -0.2) is 0 Å². The average Bonchev–Trinajstić information content (AvgIpc) is 2.91. The van der Waals surface area contributed by atoms with Gasteiger partial charge in [-0.1, -0.05) is 12.1 Å². The van der Waals surface area contributed by atoms with Crippen LogP contribution >= 0.6 is 11.3 Å². The number of hydrogen-bond donors (Lipinski definition) is 3. The van der Waals surface area contributed by atoms with Gasteiger partial charge in [-0.15, -0.1) is 11.3 Å². The molecule has 0 saturated heterocycles. The Labute approximate surface area is 116 Å². The number of amidine groups is 1. The van der Waals surface area contributed by atoms with Crippen molar-refractivity contribution in [2.24, 2.45) is 10.9 Å². The lowest BCUT2D eigenvalue weighted by atomic mass is 9.87. The van der Waals surface area contributed by atoms with Crippen LogP contribution in [0.25, 0.3) is 0 Å². The molecule has 1 aliphatic carbocycles. The molecule has 0 radical (unpaired) electrons. The third-order valence-electron chi connectivity index (χ3n) is 3.57. The van der Waals surface area contributed by atoms with Crippen molar-refractivity contribution >= 4 is 23.1 Å². The number of hydrogen-bond acceptors (Lipinski definition) is 4. The Kier molecular flexibility index (Phi) is 4.42. The monoisotopic (exact) mass is 281 g/mol. The Morgan fingerprint density at radius 2 is 2.53 bits per heavy atom. The van der Waals surface area contributed by atoms with Gasteiger partial charge in [-0.2, -0.15) is 0 Å². The maximum Gasteiger partial charge on any atom is 0.228 e. The summed E-state index contributed by atoms with van der Waals surface area (Å²) in [6, 6.07) is 1.63. The molecule has 2 rings (SSSR count). The molecule has 6 heteroatoms. The smallest absolute Gasteiger partial charge is 0.228 e. The molecular formula is C13H19N3O2S. The maximum atomic E-state index is 12.3. The number of nitrogens with one attached hydrogen (secondary N) is 1. The van der Waals surface area contributed by atoms with E-state index in [0.717, 1.165) is 24.8 Å². The number of amides is 1. The molecule has 0 aromatic carbocycles. The lowest BCUT2D eigenvalue weighted by Gasteiger charge is -2.24. The molecule has 104 valence electrons. The number of oxime groups is 1. The molecule has 1 aromatic rings. The van der Waals surface area contributed by atoms with Crippen molar-refractivity contribution in [3.63, 3.8) is 0 Å². The van der Waals surface area contributed by atoms with Gasteiger partial charge in [-0.05, 0) is 42.7 Å². The predicted octanol–water partition coefficient (Wildman–Crippen LogP) is 1.81. The number of fused-ring (bicyclic) bond motifs is 1. The first-order valence-corrected chi connectivity index (χ1v) is 7.39. The largest absolute Gasteiger partial charge is 0.409 e. The van der Waals surface area contributed by atoms with Crippen molar-refractivity contribution in [3.05, 3.63) is 21.9 Å². The highest BCUT2D eigenvalue weighted by atomic mass is 32.1. The summed E-state index contributed by atoms with van der Waals surface area (Å²) in [5.41, 5.74) is 6.71. The second-order valence-corrected chi connectivity index (χ2v) is 5.74. The molecule has 1 heterocycles. The van der Waals surface area contributed by atoms with E-state index in [1.54, 1.807) is 11.3 Å². The van der Waals surface area contributed by atoms with Gasteiger partial charge in [0, 0.05) is 4.88 Å². The number of nitrogens with two attached hydrogens (primary N) is 1. The van der Waals surface area contributed by atoms with Gasteiger partial charge in [0.15, 0.2) is 5.84 Å². The normalized spacial score (nSPS) is 20.7. The molecule has 0 spiro atoms. The van der Waals surface area contributed by atoms with E-state index in [1.165, 1.54) is 4.88 Å². The molecule has 2 unspecified atom stereocenters. The Bertz CT molecular complexity index is 484. The molecule has 4 N–H and O–H groups in total. The highest BCUT2D eigenvalue weighted by Gasteiger charge is 2.29. The standard InChI is InChI=1S/C13H19N3O2S/c1-2-10(12(14)16-18)15-13(17)9-4-3-5-11-8(9)6-7-19-11/h6-7,9-10,18H,2-5H2,1H3,(H2,14,16)(H,15,17). The van der Waals surface area contributed by atoms with Crippen LogP contribution < -0.4 is 11.1 Å². The summed E-state index contributed by atoms with van der Waals surface area (Å²) < 4.78 is 0. The Balaban J connectivity index is 2.10. The Hall–Kier alpha value is -1.56. The lowest BCUT2D eigenvalue weighted by Crippen LogP contribution is -2.46. The van der Waals surface area contributed by atoms with E-state index in [0.29, 0.717) is 6.42 Å². The summed E-state index contributed by atoms with van der Waals surface area (Å²) in [6.45, 7) is 1.89. The minimum atomic E-state index is -0.401. The van der Waals surface area contributed by atoms with Gasteiger partial charge in [0.2, 0.25) is 5.91 Å². The van der Waals surface area contributed by atoms with Crippen molar-refractivity contribution in [1.82, 2.24) is 5.32 Å². The minimum Gasteiger partial charge on any atom is -0.409 e. The zero-order chi connectivity index (χ0) is 13.8. The molecule has 1 aliphatic rings. The molecule has 0 bridgehead atoms. The van der Waals surface area contributed by atoms with E-state index in [4.69, 9.17) is 10.9 Å². The number of thiophene rings is 1. The van der Waals surface area contributed by atoms with E-state index in [2.05, 4.69) is 10.5 Å². The molecule has 5 nitrogen and oxygen atoms in total. The predicted molar refractivity (Wildman–Crippen MR) is 75.6 cm³/mol. The quantitative estimate of drug-likeness (QED) is 0.340. The van der Waals surface area contributed by atoms with Gasteiger partial charge in [0.25, 0.3) is 0 Å². The summed E-state index contributed by atoms with van der Waals surface area (Å²) in [7, 11) is 0. The fraction of sp³-hybridized carbons (Fsp3) is 0.538. The van der Waals surface area contributed by atoms with Crippen molar-refractivity contribution in [2.75, 3.05) is 0 Å². The summed E-state index contributed by atoms with van der Waals surface area (Å²) in [5.74, 6) is -0.0782. The van der Waals surface area contributed by atoms with Crippen molar-refractivity contribution in [2.45, 2.75) is 44.6 Å². The van der Waals surface area contributed by atoms with E-state index < -0.39 is 6.04 Å². The second-order valence-electron chi connectivity index (χ2n) is 4.74. The lowest BCUT2D eigenvalue weighted by molar-refractivity contribution is -0.123. The zero-order valence-corrected chi connectivity index (χ0v) is 11.7. The molecule has 0 fully saturated rings. The van der Waals surface area contributed by atoms with Gasteiger partial charge >= 0.3 is 0 Å². The van der Waals surface area contributed by atoms with E-state index in [-0.39, 0.29) is 17.7 Å². The van der Waals surface area contributed by atoms with Crippen LogP contribution in [0.3, 0.4) is 0 Å². The SMILES string of the molecule is CCC(NC(=O)C1CCCc2sccc21)/C(N)=N/O. The maximum absolute atomic E-state index is 12.3. The molecule has 0 saturated carbocycles. The summed E-state index contributed by atoms with van der Waals surface area (Å²) in [4.78, 5) is 13.7. The fourth-order valence-corrected chi connectivity index (χ4v) is 3.47. The first-order valence-electron chi connectivity index (χ1n) is 6.51. The molecule has 1 aromatic heterocycles. The number of carbonyl (C=O) groups is 1. The van der Waals surface area contributed by atoms with Crippen LogP contribution in [0.15, 0.2) is 16.6 Å². The second kappa shape index (κ2) is 6.06. The fourth-order valence-electron chi connectivity index (χ4n) is 2.49. The van der Waals surface area contributed by atoms with Crippen LogP contribution in [0.4, 0.5) is 0 Å². The number of nitrogens with zero attached hydrogens (tertiary/aromatic N) is 1. The van der Waals surface area contributed by atoms with E-state index >= 15 is 0 Å². The van der Waals surface area contributed by atoms with Gasteiger partial charge in [-0.3, -0.25) is 4.79 Å². The van der Waals surface area contributed by atoms with Crippen LogP contribution in [0.2, 0.25) is 0 Å². The van der Waals surface area contributed by atoms with Crippen LogP contribution in [0, 0.1) is 0 Å². The molecule has 19 heavy (non-hydrogen) atoms. The van der Waals surface area contributed by atoms with Crippen LogP contribution in [-0.2, 0) is 11.2 Å². The summed E-state index contributed by atoms with van der Waals surface area (Å²) in [5, 5.41) is 16.6. The van der Waals surface area contributed by atoms with E-state index in [9.17, 15) is 4.79 Å². The summed E-state index contributed by atoms with van der Waals surface area (Å²) >= 11 is 1.71. The topological polar surface area (TPSA) is 87.7 Å². The molecular weight excluding hydrogens is 262 g/mol. The van der Waals surface area contributed by atoms with Gasteiger partial charge < -0.3 is 16.3 Å². The van der Waals surface area contributed by atoms with E-state index in [1.807, 2.05) is 18.4 Å². The van der Waals surface area contributed by atoms with Gasteiger partial charge in [0.1, 0.15) is 0 Å². The van der Waals surface area contributed by atoms with Crippen LogP contribution in [0.5, 0.6) is 0 Å². The minimum absolute atomic E-state index is 0.0298. The highest BCUT2D eigenvalue weighted by Crippen LogP contribution is 2.35. The van der Waals surface area contributed by atoms with Gasteiger partial charge in [0.05, 0.1) is 12.0 Å². The number of carbonyl (C=O) groups excluding carboxylic acids is 1. The average molecular weight is 281 g/mol. The Morgan fingerprint density at radius 3 is 3.21 bits per heavy atom. The van der Waals surface area contributed by atoms with Crippen molar-refractivity contribution in [3.8, 4) is 0 Å². The zero-order valence-electron chi connectivity index (χ0n) is 10.9. The Morgan fingerprint density at radius 1 is 1.74 bits per heavy atom. The molecule has 0 aliphatic heterocycles. The summed E-state index contributed by atoms with van der Waals surface area (Å²) in [6.07, 6.45) is 3.56. The van der Waals surface area contributed by atoms with Crippen LogP contribution in [-0.4, -0.2) is 23.0 Å². The molecule has 1 amide bonds. The van der Waals surface area contributed by atoms with Crippen molar-refractivity contribution in [1.29, 1.82) is 0 Å². The third-order valence-corrected chi connectivity index (χ3v) is 4.56. The highest BCUT2D eigenvalue weighted by molar-refractivity contribution is 7.10. The first kappa shape index (κ1) is 13.9. The van der Waals surface area contributed by atoms with Crippen molar-refractivity contribution < 1.29 is 10.0 Å². The van der Waals surface area contributed by atoms with Crippen LogP contribution in [0.1, 0.15) is 42.5 Å². The molecule has 2 atom stereocenters.